The molecular formula is C79H155NO8. The average molecular weight is 1250 g/mol. The Kier molecular flexibility index (Phi) is 66.4. The second kappa shape index (κ2) is 68.8. The zero-order chi connectivity index (χ0) is 63.5. The molecule has 0 aromatic rings. The van der Waals surface area contributed by atoms with Crippen LogP contribution in [0, 0.1) is 0 Å². The molecule has 1 rings (SSSR count). The number of carbonyl (C=O) groups is 1. The van der Waals surface area contributed by atoms with Gasteiger partial charge < -0.3 is 40.3 Å². The summed E-state index contributed by atoms with van der Waals surface area (Å²) in [5, 5.41) is 55.1. The first-order valence-corrected chi connectivity index (χ1v) is 39.9. The molecule has 0 bridgehead atoms. The summed E-state index contributed by atoms with van der Waals surface area (Å²) in [7, 11) is 0. The molecule has 1 fully saturated rings. The molecule has 0 aromatic carbocycles. The second-order valence-corrected chi connectivity index (χ2v) is 28.2. The summed E-state index contributed by atoms with van der Waals surface area (Å²) in [6, 6.07) is -0.717. The maximum absolute atomic E-state index is 13.2. The Balaban J connectivity index is 2.02. The molecule has 1 heterocycles. The third kappa shape index (κ3) is 56.5. The molecule has 6 N–H and O–H groups in total. The quantitative estimate of drug-likeness (QED) is 0.0261. The summed E-state index contributed by atoms with van der Waals surface area (Å²) in [6.45, 7) is 3.91. The summed E-state index contributed by atoms with van der Waals surface area (Å²) in [5.41, 5.74) is 0. The third-order valence-electron chi connectivity index (χ3n) is 19.6. The van der Waals surface area contributed by atoms with E-state index in [0.29, 0.717) is 12.8 Å². The monoisotopic (exact) mass is 1250 g/mol. The number of ether oxygens (including phenoxy) is 2. The number of amides is 1. The van der Waals surface area contributed by atoms with Crippen molar-refractivity contribution in [1.82, 2.24) is 5.32 Å². The van der Waals surface area contributed by atoms with E-state index >= 15 is 0 Å². The van der Waals surface area contributed by atoms with Crippen LogP contribution >= 0.6 is 0 Å². The number of hydrogen-bond donors (Lipinski definition) is 6. The van der Waals surface area contributed by atoms with Crippen molar-refractivity contribution < 1.29 is 39.8 Å². The Hall–Kier alpha value is -1.07. The minimum atomic E-state index is -1.55. The average Bonchev–Trinajstić information content (AvgIpc) is 3.65. The van der Waals surface area contributed by atoms with E-state index in [4.69, 9.17) is 9.47 Å². The number of rotatable bonds is 72. The maximum Gasteiger partial charge on any atom is 0.220 e. The molecule has 7 unspecified atom stereocenters. The maximum atomic E-state index is 13.2. The topological polar surface area (TPSA) is 149 Å². The second-order valence-electron chi connectivity index (χ2n) is 28.2. The number of aliphatic hydroxyl groups excluding tert-OH is 5. The van der Waals surface area contributed by atoms with Gasteiger partial charge in [-0.05, 0) is 38.5 Å². The van der Waals surface area contributed by atoms with E-state index in [2.05, 4.69) is 31.3 Å². The highest BCUT2D eigenvalue weighted by molar-refractivity contribution is 5.76. The van der Waals surface area contributed by atoms with E-state index < -0.39 is 49.5 Å². The zero-order valence-corrected chi connectivity index (χ0v) is 59.0. The molecule has 524 valence electrons. The van der Waals surface area contributed by atoms with Crippen LogP contribution in [0.15, 0.2) is 12.2 Å². The van der Waals surface area contributed by atoms with Gasteiger partial charge in [-0.25, -0.2) is 0 Å². The molecule has 0 aromatic heterocycles. The predicted octanol–water partition coefficient (Wildman–Crippen LogP) is 22.6. The van der Waals surface area contributed by atoms with Gasteiger partial charge in [0.15, 0.2) is 6.29 Å². The van der Waals surface area contributed by atoms with Gasteiger partial charge in [-0.3, -0.25) is 4.79 Å². The zero-order valence-electron chi connectivity index (χ0n) is 59.0. The summed E-state index contributed by atoms with van der Waals surface area (Å²) in [6.07, 6.45) is 83.3. The highest BCUT2D eigenvalue weighted by Gasteiger charge is 2.44. The standard InChI is InChI=1S/C79H155NO8/c1-3-5-7-9-11-13-15-17-19-21-23-25-27-29-31-32-33-34-35-36-37-38-39-40-41-42-43-45-47-49-51-53-55-57-59-61-63-65-67-69-75(83)80-72(71-87-79-78(86)77(85)76(84)74(70-81)88-79)73(82)68-66-64-62-60-58-56-54-52-50-48-46-44-30-28-26-24-22-20-18-16-14-12-10-8-6-4-2/h21,23,72-74,76-79,81-82,84-86H,3-20,22,24-71H2,1-2H3,(H,80,83)/b23-21-. The van der Waals surface area contributed by atoms with Gasteiger partial charge in [0, 0.05) is 6.42 Å². The molecule has 1 aliphatic rings. The number of allylic oxidation sites excluding steroid dienone is 2. The normalized spacial score (nSPS) is 17.8. The van der Waals surface area contributed by atoms with E-state index in [9.17, 15) is 30.3 Å². The minimum Gasteiger partial charge on any atom is -0.394 e. The van der Waals surface area contributed by atoms with E-state index in [0.717, 1.165) is 38.5 Å². The van der Waals surface area contributed by atoms with Gasteiger partial charge in [0.2, 0.25) is 5.91 Å². The van der Waals surface area contributed by atoms with E-state index in [1.807, 2.05) is 0 Å². The van der Waals surface area contributed by atoms with Gasteiger partial charge in [0.05, 0.1) is 25.4 Å². The van der Waals surface area contributed by atoms with Gasteiger partial charge in [0.1, 0.15) is 24.4 Å². The fraction of sp³-hybridized carbons (Fsp3) is 0.962. The molecule has 0 saturated carbocycles. The predicted molar refractivity (Wildman–Crippen MR) is 378 cm³/mol. The lowest BCUT2D eigenvalue weighted by atomic mass is 9.99. The highest BCUT2D eigenvalue weighted by atomic mass is 16.7. The van der Waals surface area contributed by atoms with Gasteiger partial charge in [0.25, 0.3) is 0 Å². The van der Waals surface area contributed by atoms with Crippen LogP contribution in [0.1, 0.15) is 431 Å². The lowest BCUT2D eigenvalue weighted by Crippen LogP contribution is -2.60. The number of aliphatic hydroxyl groups is 5. The third-order valence-corrected chi connectivity index (χ3v) is 19.6. The van der Waals surface area contributed by atoms with Crippen LogP contribution in [-0.4, -0.2) is 87.5 Å². The van der Waals surface area contributed by atoms with Gasteiger partial charge in [-0.2, -0.15) is 0 Å². The molecule has 7 atom stereocenters. The number of carbonyl (C=O) groups excluding carboxylic acids is 1. The molecule has 9 nitrogen and oxygen atoms in total. The molecule has 0 radical (unpaired) electrons. The Morgan fingerprint density at radius 3 is 0.920 bits per heavy atom. The summed E-state index contributed by atoms with van der Waals surface area (Å²) < 4.78 is 11.4. The van der Waals surface area contributed by atoms with Crippen molar-refractivity contribution in [1.29, 1.82) is 0 Å². The first kappa shape index (κ1) is 84.9. The molecule has 1 saturated heterocycles. The first-order valence-electron chi connectivity index (χ1n) is 39.9. The van der Waals surface area contributed by atoms with Crippen molar-refractivity contribution in [2.24, 2.45) is 0 Å². The van der Waals surface area contributed by atoms with Crippen LogP contribution in [0.4, 0.5) is 0 Å². The largest absolute Gasteiger partial charge is 0.394 e. The smallest absolute Gasteiger partial charge is 0.220 e. The Bertz CT molecular complexity index is 1400. The van der Waals surface area contributed by atoms with Gasteiger partial charge in [-0.15, -0.1) is 0 Å². The van der Waals surface area contributed by atoms with Gasteiger partial charge in [-0.1, -0.05) is 398 Å². The van der Waals surface area contributed by atoms with Crippen molar-refractivity contribution in [2.75, 3.05) is 13.2 Å². The number of nitrogens with one attached hydrogen (secondary N) is 1. The number of hydrogen-bond acceptors (Lipinski definition) is 8. The SMILES string of the molecule is CCCCCCCCCC/C=C\CCCCCCCCCCCCCCCCCCCCCCCCCCCCCC(=O)NC(COC1OC(CO)C(O)C(O)C1O)C(O)CCCCCCCCCCCCCCCCCCCCCCCCCCCC. The molecular weight excluding hydrogens is 1090 g/mol. The van der Waals surface area contributed by atoms with Crippen molar-refractivity contribution in [3.05, 3.63) is 12.2 Å². The summed E-state index contributed by atoms with van der Waals surface area (Å²) >= 11 is 0. The fourth-order valence-electron chi connectivity index (χ4n) is 13.4. The Labute approximate surface area is 547 Å². The van der Waals surface area contributed by atoms with Crippen LogP contribution in [0.25, 0.3) is 0 Å². The van der Waals surface area contributed by atoms with Crippen LogP contribution in [0.3, 0.4) is 0 Å². The molecule has 9 heteroatoms. The van der Waals surface area contributed by atoms with Crippen molar-refractivity contribution in [3.8, 4) is 0 Å². The first-order chi connectivity index (χ1) is 43.3. The fourth-order valence-corrected chi connectivity index (χ4v) is 13.4. The number of unbranched alkanes of at least 4 members (excludes halogenated alkanes) is 60. The Morgan fingerprint density at radius 1 is 0.375 bits per heavy atom. The molecule has 0 aliphatic carbocycles. The molecule has 1 amide bonds. The van der Waals surface area contributed by atoms with E-state index in [1.54, 1.807) is 0 Å². The lowest BCUT2D eigenvalue weighted by molar-refractivity contribution is -0.302. The minimum absolute atomic E-state index is 0.131. The molecule has 88 heavy (non-hydrogen) atoms. The summed E-state index contributed by atoms with van der Waals surface area (Å²) in [5.74, 6) is -0.132. The Morgan fingerprint density at radius 2 is 0.636 bits per heavy atom. The van der Waals surface area contributed by atoms with E-state index in [1.165, 1.54) is 366 Å². The van der Waals surface area contributed by atoms with Crippen LogP contribution in [0.2, 0.25) is 0 Å². The molecule has 1 aliphatic heterocycles. The van der Waals surface area contributed by atoms with Crippen LogP contribution in [-0.2, 0) is 14.3 Å². The van der Waals surface area contributed by atoms with Crippen LogP contribution in [0.5, 0.6) is 0 Å². The summed E-state index contributed by atoms with van der Waals surface area (Å²) in [4.78, 5) is 13.2. The van der Waals surface area contributed by atoms with E-state index in [-0.39, 0.29) is 12.5 Å². The van der Waals surface area contributed by atoms with Crippen molar-refractivity contribution in [2.45, 2.75) is 474 Å². The molecule has 0 spiro atoms. The highest BCUT2D eigenvalue weighted by Crippen LogP contribution is 2.24. The lowest BCUT2D eigenvalue weighted by Gasteiger charge is -2.40. The van der Waals surface area contributed by atoms with Gasteiger partial charge >= 0.3 is 0 Å². The van der Waals surface area contributed by atoms with Crippen molar-refractivity contribution >= 4 is 5.91 Å². The van der Waals surface area contributed by atoms with Crippen molar-refractivity contribution in [3.63, 3.8) is 0 Å². The van der Waals surface area contributed by atoms with Crippen LogP contribution < -0.4 is 5.32 Å².